The van der Waals surface area contributed by atoms with E-state index in [0.717, 1.165) is 17.2 Å². The second-order valence-electron chi connectivity index (χ2n) is 4.94. The van der Waals surface area contributed by atoms with Crippen molar-refractivity contribution in [3.05, 3.63) is 41.2 Å². The number of rotatable bonds is 1. The quantitative estimate of drug-likeness (QED) is 0.818. The zero-order chi connectivity index (χ0) is 14.8. The van der Waals surface area contributed by atoms with Gasteiger partial charge in [0.1, 0.15) is 5.15 Å². The van der Waals surface area contributed by atoms with Gasteiger partial charge in [0, 0.05) is 24.7 Å². The van der Waals surface area contributed by atoms with Crippen molar-refractivity contribution < 1.29 is 9.59 Å². The molecule has 1 aromatic heterocycles. The summed E-state index contributed by atoms with van der Waals surface area (Å²) in [5.74, 6) is -0.320. The number of carbonyl (C=O) groups excluding carboxylic acids is 2. The first kappa shape index (κ1) is 13.8. The molecule has 0 bridgehead atoms. The molecule has 108 valence electrons. The summed E-state index contributed by atoms with van der Waals surface area (Å²) in [6, 6.07) is 7.37. The summed E-state index contributed by atoms with van der Waals surface area (Å²) in [5.41, 5.74) is 0.477. The van der Waals surface area contributed by atoms with Gasteiger partial charge in [-0.05, 0) is 11.8 Å². The summed E-state index contributed by atoms with van der Waals surface area (Å²) in [6.07, 6.45) is 2.23. The Morgan fingerprint density at radius 1 is 1.29 bits per heavy atom. The number of halogens is 1. The Bertz CT molecular complexity index is 717. The third kappa shape index (κ3) is 2.69. The first-order valence-corrected chi connectivity index (χ1v) is 7.14. The molecule has 3 rings (SSSR count). The largest absolute Gasteiger partial charge is 0.354 e. The SMILES string of the molecule is O=C1CN(C(=O)c2cnc(Cl)c3ccccc23)CCCN1. The molecule has 0 spiro atoms. The second kappa shape index (κ2) is 5.69. The molecular formula is C15H14ClN3O2. The number of hydrogen-bond donors (Lipinski definition) is 1. The van der Waals surface area contributed by atoms with Gasteiger partial charge in [0.2, 0.25) is 5.91 Å². The number of nitrogens with zero attached hydrogens (tertiary/aromatic N) is 2. The molecule has 2 amide bonds. The smallest absolute Gasteiger partial charge is 0.256 e. The number of hydrogen-bond acceptors (Lipinski definition) is 3. The van der Waals surface area contributed by atoms with Crippen LogP contribution in [0.3, 0.4) is 0 Å². The Morgan fingerprint density at radius 2 is 2.05 bits per heavy atom. The molecule has 0 aliphatic carbocycles. The fourth-order valence-electron chi connectivity index (χ4n) is 2.48. The Morgan fingerprint density at radius 3 is 2.86 bits per heavy atom. The number of carbonyl (C=O) groups is 2. The summed E-state index contributed by atoms with van der Waals surface area (Å²) in [4.78, 5) is 29.9. The van der Waals surface area contributed by atoms with Gasteiger partial charge in [-0.1, -0.05) is 35.9 Å². The Kier molecular flexibility index (Phi) is 3.75. The predicted molar refractivity (Wildman–Crippen MR) is 80.3 cm³/mol. The lowest BCUT2D eigenvalue weighted by Gasteiger charge is -2.19. The molecule has 0 radical (unpaired) electrons. The van der Waals surface area contributed by atoms with Crippen LogP contribution in [0.25, 0.3) is 10.8 Å². The van der Waals surface area contributed by atoms with E-state index in [9.17, 15) is 9.59 Å². The molecule has 5 nitrogen and oxygen atoms in total. The summed E-state index contributed by atoms with van der Waals surface area (Å²) in [5, 5.41) is 4.63. The van der Waals surface area contributed by atoms with E-state index in [1.807, 2.05) is 24.3 Å². The van der Waals surface area contributed by atoms with Crippen LogP contribution in [0.2, 0.25) is 5.15 Å². The monoisotopic (exact) mass is 303 g/mol. The highest BCUT2D eigenvalue weighted by molar-refractivity contribution is 6.34. The molecular weight excluding hydrogens is 290 g/mol. The van der Waals surface area contributed by atoms with E-state index in [4.69, 9.17) is 11.6 Å². The zero-order valence-electron chi connectivity index (χ0n) is 11.3. The minimum atomic E-state index is -0.188. The van der Waals surface area contributed by atoms with Crippen LogP contribution in [0, 0.1) is 0 Å². The molecule has 1 aliphatic rings. The molecule has 1 N–H and O–H groups in total. The Balaban J connectivity index is 2.01. The molecule has 0 saturated carbocycles. The molecule has 1 fully saturated rings. The maximum atomic E-state index is 12.7. The van der Waals surface area contributed by atoms with Gasteiger partial charge < -0.3 is 10.2 Å². The second-order valence-corrected chi connectivity index (χ2v) is 5.30. The number of aromatic nitrogens is 1. The van der Waals surface area contributed by atoms with Crippen LogP contribution >= 0.6 is 11.6 Å². The van der Waals surface area contributed by atoms with Crippen molar-refractivity contribution in [2.24, 2.45) is 0 Å². The number of amides is 2. The van der Waals surface area contributed by atoms with Crippen LogP contribution in [0.4, 0.5) is 0 Å². The molecule has 6 heteroatoms. The van der Waals surface area contributed by atoms with E-state index in [2.05, 4.69) is 10.3 Å². The lowest BCUT2D eigenvalue weighted by Crippen LogP contribution is -2.37. The van der Waals surface area contributed by atoms with Crippen LogP contribution < -0.4 is 5.32 Å². The van der Waals surface area contributed by atoms with Crippen molar-refractivity contribution in [1.29, 1.82) is 0 Å². The normalized spacial score (nSPS) is 15.7. The van der Waals surface area contributed by atoms with E-state index in [-0.39, 0.29) is 18.4 Å². The zero-order valence-corrected chi connectivity index (χ0v) is 12.1. The fourth-order valence-corrected chi connectivity index (χ4v) is 2.69. The lowest BCUT2D eigenvalue weighted by molar-refractivity contribution is -0.121. The average molecular weight is 304 g/mol. The van der Waals surface area contributed by atoms with Gasteiger partial charge in [-0.15, -0.1) is 0 Å². The third-order valence-corrected chi connectivity index (χ3v) is 3.83. The molecule has 2 aromatic rings. The van der Waals surface area contributed by atoms with Crippen LogP contribution in [0.5, 0.6) is 0 Å². The van der Waals surface area contributed by atoms with E-state index in [0.29, 0.717) is 23.8 Å². The Hall–Kier alpha value is -2.14. The molecule has 1 aromatic carbocycles. The molecule has 2 heterocycles. The summed E-state index contributed by atoms with van der Waals surface area (Å²) in [7, 11) is 0. The first-order chi connectivity index (χ1) is 10.2. The highest BCUT2D eigenvalue weighted by Gasteiger charge is 2.23. The van der Waals surface area contributed by atoms with E-state index in [1.54, 1.807) is 4.90 Å². The molecule has 21 heavy (non-hydrogen) atoms. The van der Waals surface area contributed by atoms with E-state index in [1.165, 1.54) is 6.20 Å². The molecule has 1 saturated heterocycles. The molecule has 1 aliphatic heterocycles. The highest BCUT2D eigenvalue weighted by atomic mass is 35.5. The summed E-state index contributed by atoms with van der Waals surface area (Å²) < 4.78 is 0. The van der Waals surface area contributed by atoms with Crippen LogP contribution in [-0.2, 0) is 4.79 Å². The van der Waals surface area contributed by atoms with Crippen molar-refractivity contribution in [2.75, 3.05) is 19.6 Å². The van der Waals surface area contributed by atoms with Crippen molar-refractivity contribution in [2.45, 2.75) is 6.42 Å². The third-order valence-electron chi connectivity index (χ3n) is 3.53. The van der Waals surface area contributed by atoms with Crippen LogP contribution in [0.15, 0.2) is 30.5 Å². The van der Waals surface area contributed by atoms with Crippen molar-refractivity contribution in [3.63, 3.8) is 0 Å². The first-order valence-electron chi connectivity index (χ1n) is 6.76. The standard InChI is InChI=1S/C15H14ClN3O2/c16-14-11-5-2-1-4-10(11)12(8-18-14)15(21)19-7-3-6-17-13(20)9-19/h1-2,4-5,8H,3,6-7,9H2,(H,17,20). The molecule has 0 atom stereocenters. The van der Waals surface area contributed by atoms with Gasteiger partial charge in [-0.3, -0.25) is 9.59 Å². The topological polar surface area (TPSA) is 62.3 Å². The van der Waals surface area contributed by atoms with Crippen molar-refractivity contribution >= 4 is 34.2 Å². The number of nitrogens with one attached hydrogen (secondary N) is 1. The summed E-state index contributed by atoms with van der Waals surface area (Å²) >= 11 is 6.07. The van der Waals surface area contributed by atoms with Crippen molar-refractivity contribution in [1.82, 2.24) is 15.2 Å². The van der Waals surface area contributed by atoms with Gasteiger partial charge in [0.05, 0.1) is 12.1 Å². The van der Waals surface area contributed by atoms with Crippen LogP contribution in [0.1, 0.15) is 16.8 Å². The minimum Gasteiger partial charge on any atom is -0.354 e. The van der Waals surface area contributed by atoms with Gasteiger partial charge in [-0.2, -0.15) is 0 Å². The van der Waals surface area contributed by atoms with Gasteiger partial charge in [0.25, 0.3) is 5.91 Å². The minimum absolute atomic E-state index is 0.0792. The fraction of sp³-hybridized carbons (Fsp3) is 0.267. The maximum Gasteiger partial charge on any atom is 0.256 e. The number of fused-ring (bicyclic) bond motifs is 1. The van der Waals surface area contributed by atoms with Gasteiger partial charge >= 0.3 is 0 Å². The van der Waals surface area contributed by atoms with Gasteiger partial charge in [0.15, 0.2) is 0 Å². The Labute approximate surface area is 126 Å². The predicted octanol–water partition coefficient (Wildman–Crippen LogP) is 1.85. The van der Waals surface area contributed by atoms with Crippen LogP contribution in [-0.4, -0.2) is 41.3 Å². The van der Waals surface area contributed by atoms with E-state index >= 15 is 0 Å². The maximum absolute atomic E-state index is 12.7. The molecule has 0 unspecified atom stereocenters. The van der Waals surface area contributed by atoms with E-state index < -0.39 is 0 Å². The average Bonchev–Trinajstić information content (AvgIpc) is 2.72. The highest BCUT2D eigenvalue weighted by Crippen LogP contribution is 2.25. The van der Waals surface area contributed by atoms with Crippen molar-refractivity contribution in [3.8, 4) is 0 Å². The van der Waals surface area contributed by atoms with Gasteiger partial charge in [-0.25, -0.2) is 4.98 Å². The number of benzene rings is 1. The number of pyridine rings is 1. The lowest BCUT2D eigenvalue weighted by atomic mass is 10.1. The summed E-state index contributed by atoms with van der Waals surface area (Å²) in [6.45, 7) is 1.23.